The van der Waals surface area contributed by atoms with Crippen LogP contribution in [0.2, 0.25) is 0 Å². The summed E-state index contributed by atoms with van der Waals surface area (Å²) < 4.78 is 5.19. The van der Waals surface area contributed by atoms with Gasteiger partial charge in [-0.3, -0.25) is 9.79 Å². The van der Waals surface area contributed by atoms with Crippen LogP contribution in [0, 0.1) is 5.92 Å². The smallest absolute Gasteiger partial charge is 0.199 e. The van der Waals surface area contributed by atoms with Crippen LogP contribution in [0.1, 0.15) is 42.3 Å². The van der Waals surface area contributed by atoms with Gasteiger partial charge in [-0.05, 0) is 37.1 Å². The number of aliphatic imine (C=N–C) groups is 1. The first kappa shape index (κ1) is 16.1. The van der Waals surface area contributed by atoms with Crippen LogP contribution < -0.4 is 0 Å². The van der Waals surface area contributed by atoms with Gasteiger partial charge in [0.05, 0.1) is 23.8 Å². The lowest BCUT2D eigenvalue weighted by Crippen LogP contribution is -2.05. The molecule has 0 unspecified atom stereocenters. The predicted molar refractivity (Wildman–Crippen MR) is 94.0 cm³/mol. The minimum atomic E-state index is -0.0208. The van der Waals surface area contributed by atoms with Crippen LogP contribution >= 0.6 is 0 Å². The minimum absolute atomic E-state index is 0.0208. The van der Waals surface area contributed by atoms with Crippen LogP contribution in [-0.4, -0.2) is 28.1 Å². The van der Waals surface area contributed by atoms with Crippen LogP contribution in [0.4, 0.5) is 0 Å². The van der Waals surface area contributed by atoms with Crippen molar-refractivity contribution in [3.63, 3.8) is 0 Å². The van der Waals surface area contributed by atoms with E-state index in [1.54, 1.807) is 30.7 Å². The summed E-state index contributed by atoms with van der Waals surface area (Å²) in [6, 6.07) is 7.14. The molecule has 124 valence electrons. The summed E-state index contributed by atoms with van der Waals surface area (Å²) in [7, 11) is 0. The number of hydrogen-bond donors (Lipinski definition) is 2. The number of aromatic amines is 1. The Morgan fingerprint density at radius 1 is 1.29 bits per heavy atom. The van der Waals surface area contributed by atoms with Crippen LogP contribution in [0.5, 0.6) is 5.88 Å². The van der Waals surface area contributed by atoms with Crippen molar-refractivity contribution in [3.05, 3.63) is 53.5 Å². The topological polar surface area (TPSA) is 78.6 Å². The van der Waals surface area contributed by atoms with Crippen molar-refractivity contribution >= 4 is 22.4 Å². The number of fused-ring (bicyclic) bond motifs is 1. The van der Waals surface area contributed by atoms with Crippen molar-refractivity contribution in [3.8, 4) is 5.88 Å². The van der Waals surface area contributed by atoms with Crippen molar-refractivity contribution in [1.29, 1.82) is 0 Å². The Balaban J connectivity index is 2.23. The minimum Gasteiger partial charge on any atom is -0.494 e. The third-order valence-corrected chi connectivity index (χ3v) is 3.83. The molecule has 0 saturated heterocycles. The number of nitrogens with zero attached hydrogens (tertiary/aromatic N) is 1. The van der Waals surface area contributed by atoms with E-state index in [-0.39, 0.29) is 11.7 Å². The molecule has 0 radical (unpaired) electrons. The van der Waals surface area contributed by atoms with Gasteiger partial charge >= 0.3 is 0 Å². The van der Waals surface area contributed by atoms with E-state index in [4.69, 9.17) is 4.42 Å². The molecule has 3 rings (SSSR count). The third kappa shape index (κ3) is 2.97. The van der Waals surface area contributed by atoms with Crippen LogP contribution in [-0.2, 0) is 0 Å². The Morgan fingerprint density at radius 3 is 2.71 bits per heavy atom. The number of rotatable bonds is 5. The average molecular weight is 324 g/mol. The standard InChI is InChI=1S/C19H20N2O3/c1-11(2)9-20-18(14-6-7-24-10-14)17-15-8-13(12(3)22)4-5-16(15)21-19(17)23/h4-8,10-11,21,23H,9H2,1-3H3. The molecule has 1 aromatic carbocycles. The zero-order chi connectivity index (χ0) is 17.3. The highest BCUT2D eigenvalue weighted by atomic mass is 16.3. The molecule has 24 heavy (non-hydrogen) atoms. The van der Waals surface area contributed by atoms with E-state index in [1.165, 1.54) is 6.92 Å². The van der Waals surface area contributed by atoms with Crippen LogP contribution in [0.25, 0.3) is 10.9 Å². The van der Waals surface area contributed by atoms with Gasteiger partial charge in [0.25, 0.3) is 0 Å². The summed E-state index contributed by atoms with van der Waals surface area (Å²) in [6.45, 7) is 6.31. The molecule has 2 N–H and O–H groups in total. The van der Waals surface area contributed by atoms with Gasteiger partial charge in [-0.2, -0.15) is 0 Å². The van der Waals surface area contributed by atoms with E-state index < -0.39 is 0 Å². The van der Waals surface area contributed by atoms with Crippen molar-refractivity contribution in [2.24, 2.45) is 10.9 Å². The molecule has 0 amide bonds. The van der Waals surface area contributed by atoms with Crippen molar-refractivity contribution in [2.45, 2.75) is 20.8 Å². The summed E-state index contributed by atoms with van der Waals surface area (Å²) >= 11 is 0. The Bertz CT molecular complexity index is 902. The lowest BCUT2D eigenvalue weighted by Gasteiger charge is -2.07. The van der Waals surface area contributed by atoms with E-state index in [0.717, 1.165) is 16.5 Å². The Morgan fingerprint density at radius 2 is 2.08 bits per heavy atom. The van der Waals surface area contributed by atoms with Gasteiger partial charge in [-0.25, -0.2) is 0 Å². The highest BCUT2D eigenvalue weighted by Crippen LogP contribution is 2.31. The summed E-state index contributed by atoms with van der Waals surface area (Å²) in [6.07, 6.45) is 3.18. The predicted octanol–water partition coefficient (Wildman–Crippen LogP) is 4.16. The monoisotopic (exact) mass is 324 g/mol. The normalized spacial score (nSPS) is 12.2. The highest BCUT2D eigenvalue weighted by molar-refractivity contribution is 6.21. The Hall–Kier alpha value is -2.82. The molecule has 2 heterocycles. The number of ketones is 1. The Kier molecular flexibility index (Phi) is 4.25. The molecular weight excluding hydrogens is 304 g/mol. The molecule has 0 spiro atoms. The molecule has 2 aromatic heterocycles. The summed E-state index contributed by atoms with van der Waals surface area (Å²) in [5, 5.41) is 11.2. The average Bonchev–Trinajstić information content (AvgIpc) is 3.15. The van der Waals surface area contributed by atoms with Gasteiger partial charge in [-0.1, -0.05) is 13.8 Å². The SMILES string of the molecule is CC(=O)c1ccc2[nH]c(O)c(C(=NCC(C)C)c3ccoc3)c2c1. The quantitative estimate of drug-likeness (QED) is 0.546. The second kappa shape index (κ2) is 6.35. The number of hydrogen-bond acceptors (Lipinski definition) is 4. The van der Waals surface area contributed by atoms with Gasteiger partial charge in [0.15, 0.2) is 11.7 Å². The number of H-pyrrole nitrogens is 1. The number of Topliss-reactive ketones (excluding diaryl/α,β-unsaturated/α-hetero) is 1. The fourth-order valence-corrected chi connectivity index (χ4v) is 2.62. The number of carbonyl (C=O) groups excluding carboxylic acids is 1. The first-order chi connectivity index (χ1) is 11.5. The van der Waals surface area contributed by atoms with Crippen molar-refractivity contribution in [2.75, 3.05) is 6.54 Å². The summed E-state index contributed by atoms with van der Waals surface area (Å²) in [4.78, 5) is 19.3. The number of nitrogens with one attached hydrogen (secondary N) is 1. The molecule has 0 aliphatic heterocycles. The fraction of sp³-hybridized carbons (Fsp3) is 0.263. The number of carbonyl (C=O) groups is 1. The van der Waals surface area contributed by atoms with Crippen molar-refractivity contribution < 1.29 is 14.3 Å². The van der Waals surface area contributed by atoms with Gasteiger partial charge in [0, 0.05) is 28.6 Å². The first-order valence-corrected chi connectivity index (χ1v) is 7.90. The Labute approximate surface area is 140 Å². The van der Waals surface area contributed by atoms with Gasteiger partial charge in [0.2, 0.25) is 0 Å². The van der Waals surface area contributed by atoms with E-state index in [9.17, 15) is 9.90 Å². The number of aromatic nitrogens is 1. The molecule has 5 heteroatoms. The van der Waals surface area contributed by atoms with Gasteiger partial charge in [0.1, 0.15) is 0 Å². The molecule has 5 nitrogen and oxygen atoms in total. The molecule has 0 aliphatic carbocycles. The number of aromatic hydroxyl groups is 1. The summed E-state index contributed by atoms with van der Waals surface area (Å²) in [5.41, 5.74) is 3.39. The van der Waals surface area contributed by atoms with Crippen molar-refractivity contribution in [1.82, 2.24) is 4.98 Å². The lowest BCUT2D eigenvalue weighted by molar-refractivity contribution is 0.101. The van der Waals surface area contributed by atoms with Gasteiger partial charge < -0.3 is 14.5 Å². The van der Waals surface area contributed by atoms with Crippen LogP contribution in [0.3, 0.4) is 0 Å². The number of benzene rings is 1. The molecule has 0 fully saturated rings. The maximum absolute atomic E-state index is 11.7. The molecule has 0 saturated carbocycles. The maximum Gasteiger partial charge on any atom is 0.199 e. The van der Waals surface area contributed by atoms with E-state index in [2.05, 4.69) is 23.8 Å². The molecule has 3 aromatic rings. The zero-order valence-corrected chi connectivity index (χ0v) is 14.0. The molecular formula is C19H20N2O3. The lowest BCUT2D eigenvalue weighted by atomic mass is 10.0. The molecule has 0 aliphatic rings. The number of furan rings is 1. The second-order valence-corrected chi connectivity index (χ2v) is 6.26. The second-order valence-electron chi connectivity index (χ2n) is 6.26. The first-order valence-electron chi connectivity index (χ1n) is 7.90. The molecule has 0 atom stereocenters. The van der Waals surface area contributed by atoms with Gasteiger partial charge in [-0.15, -0.1) is 0 Å². The van der Waals surface area contributed by atoms with E-state index >= 15 is 0 Å². The fourth-order valence-electron chi connectivity index (χ4n) is 2.62. The highest BCUT2D eigenvalue weighted by Gasteiger charge is 2.20. The summed E-state index contributed by atoms with van der Waals surface area (Å²) in [5.74, 6) is 0.397. The largest absolute Gasteiger partial charge is 0.494 e. The van der Waals surface area contributed by atoms with Crippen LogP contribution in [0.15, 0.2) is 46.2 Å². The van der Waals surface area contributed by atoms with E-state index in [1.807, 2.05) is 6.07 Å². The molecule has 0 bridgehead atoms. The third-order valence-electron chi connectivity index (χ3n) is 3.83. The van der Waals surface area contributed by atoms with E-state index in [0.29, 0.717) is 29.3 Å². The maximum atomic E-state index is 11.7. The zero-order valence-electron chi connectivity index (χ0n) is 14.0.